The summed E-state index contributed by atoms with van der Waals surface area (Å²) >= 11 is 0. The number of hydrogen-bond donors (Lipinski definition) is 0. The number of hydrogen-bond acceptors (Lipinski definition) is 6. The Morgan fingerprint density at radius 1 is 1.21 bits per heavy atom. The molecule has 0 saturated carbocycles. The minimum absolute atomic E-state index is 0.0366. The maximum atomic E-state index is 12.9. The molecule has 29 heavy (non-hydrogen) atoms. The molecule has 144 valence electrons. The number of aromatic nitrogens is 3. The quantitative estimate of drug-likeness (QED) is 0.528. The van der Waals surface area contributed by atoms with Crippen LogP contribution in [-0.4, -0.2) is 28.1 Å². The molecule has 1 atom stereocenters. The summed E-state index contributed by atoms with van der Waals surface area (Å²) in [4.78, 5) is 23.8. The van der Waals surface area contributed by atoms with Crippen LogP contribution in [0.25, 0.3) is 22.0 Å². The topological polar surface area (TPSA) is 81.3 Å². The summed E-state index contributed by atoms with van der Waals surface area (Å²) in [6.45, 7) is 1.99. The normalized spacial score (nSPS) is 14.3. The number of anilines is 1. The second-order valence-electron chi connectivity index (χ2n) is 6.99. The Morgan fingerprint density at radius 3 is 2.83 bits per heavy atom. The van der Waals surface area contributed by atoms with Crippen LogP contribution in [0.4, 0.5) is 5.69 Å². The monoisotopic (exact) mass is 386 g/mol. The van der Waals surface area contributed by atoms with Gasteiger partial charge in [-0.25, -0.2) is 0 Å². The van der Waals surface area contributed by atoms with E-state index in [1.807, 2.05) is 42.2 Å². The Hall–Kier alpha value is -3.74. The molecule has 1 amide bonds. The number of carbonyl (C=O) groups excluding carboxylic acids is 1. The lowest BCUT2D eigenvalue weighted by molar-refractivity contribution is -0.117. The smallest absolute Gasteiger partial charge is 0.232 e. The molecule has 0 unspecified atom stereocenters. The van der Waals surface area contributed by atoms with Crippen LogP contribution in [0, 0.1) is 0 Å². The number of methoxy groups -OCH3 is 1. The van der Waals surface area contributed by atoms with Gasteiger partial charge in [-0.05, 0) is 31.2 Å². The molecule has 1 aliphatic rings. The van der Waals surface area contributed by atoms with Crippen molar-refractivity contribution in [3.05, 3.63) is 66.4 Å². The molecular formula is C22H18N4O3. The summed E-state index contributed by atoms with van der Waals surface area (Å²) in [6.07, 6.45) is 7.05. The van der Waals surface area contributed by atoms with Gasteiger partial charge in [0.15, 0.2) is 0 Å². The Labute approximate surface area is 166 Å². The predicted molar refractivity (Wildman–Crippen MR) is 108 cm³/mol. The number of nitrogens with zero attached hydrogens (tertiary/aromatic N) is 4. The lowest BCUT2D eigenvalue weighted by Crippen LogP contribution is -2.30. The van der Waals surface area contributed by atoms with Crippen LogP contribution in [0.15, 0.2) is 59.7 Å². The lowest BCUT2D eigenvalue weighted by atomic mass is 10.0. The fourth-order valence-electron chi connectivity index (χ4n) is 3.93. The average Bonchev–Trinajstić information content (AvgIpc) is 3.40. The lowest BCUT2D eigenvalue weighted by Gasteiger charge is -2.26. The third kappa shape index (κ3) is 2.74. The van der Waals surface area contributed by atoms with Crippen molar-refractivity contribution >= 4 is 22.5 Å². The van der Waals surface area contributed by atoms with Crippen molar-refractivity contribution in [3.63, 3.8) is 0 Å². The molecular weight excluding hydrogens is 368 g/mol. The van der Waals surface area contributed by atoms with E-state index in [0.29, 0.717) is 12.2 Å². The zero-order valence-electron chi connectivity index (χ0n) is 16.0. The summed E-state index contributed by atoms with van der Waals surface area (Å²) in [5.41, 5.74) is 5.03. The Balaban J connectivity index is 1.71. The summed E-state index contributed by atoms with van der Waals surface area (Å²) in [7, 11) is 1.62. The Morgan fingerprint density at radius 2 is 2.10 bits per heavy atom. The number of carbonyl (C=O) groups is 1. The molecule has 1 aromatic carbocycles. The molecule has 7 heteroatoms. The van der Waals surface area contributed by atoms with Crippen LogP contribution >= 0.6 is 0 Å². The van der Waals surface area contributed by atoms with Crippen LogP contribution < -0.4 is 9.64 Å². The van der Waals surface area contributed by atoms with E-state index in [9.17, 15) is 4.79 Å². The van der Waals surface area contributed by atoms with E-state index in [0.717, 1.165) is 39.0 Å². The van der Waals surface area contributed by atoms with E-state index in [1.54, 1.807) is 32.0 Å². The maximum Gasteiger partial charge on any atom is 0.232 e. The van der Waals surface area contributed by atoms with Crippen molar-refractivity contribution in [2.45, 2.75) is 19.4 Å². The standard InChI is InChI=1S/C22H18N4O3/c1-13(18-5-3-4-6-23-18)26-21(27)7-14-10-24-19-8-16(15-11-25-29-12-15)20(28-2)9-17(19)22(14)26/h3-6,8-13H,7H2,1-2H3/t13-/m1/s1. The van der Waals surface area contributed by atoms with Crippen molar-refractivity contribution in [2.75, 3.05) is 12.0 Å². The first-order chi connectivity index (χ1) is 14.2. The minimum Gasteiger partial charge on any atom is -0.496 e. The molecule has 0 spiro atoms. The van der Waals surface area contributed by atoms with E-state index in [-0.39, 0.29) is 11.9 Å². The molecule has 0 bridgehead atoms. The molecule has 0 fully saturated rings. The molecule has 1 aliphatic heterocycles. The number of rotatable bonds is 4. The second kappa shape index (κ2) is 6.70. The van der Waals surface area contributed by atoms with Crippen LogP contribution in [0.3, 0.4) is 0 Å². The van der Waals surface area contributed by atoms with E-state index in [1.165, 1.54) is 0 Å². The molecule has 4 heterocycles. The van der Waals surface area contributed by atoms with Gasteiger partial charge >= 0.3 is 0 Å². The van der Waals surface area contributed by atoms with Crippen molar-refractivity contribution in [1.29, 1.82) is 0 Å². The highest BCUT2D eigenvalue weighted by Crippen LogP contribution is 2.43. The van der Waals surface area contributed by atoms with Gasteiger partial charge in [-0.1, -0.05) is 11.2 Å². The molecule has 0 saturated heterocycles. The van der Waals surface area contributed by atoms with Gasteiger partial charge in [-0.15, -0.1) is 0 Å². The Kier molecular flexibility index (Phi) is 4.01. The highest BCUT2D eigenvalue weighted by molar-refractivity contribution is 6.11. The largest absolute Gasteiger partial charge is 0.496 e. The van der Waals surface area contributed by atoms with Crippen LogP contribution in [0.2, 0.25) is 0 Å². The summed E-state index contributed by atoms with van der Waals surface area (Å²) in [5, 5.41) is 4.65. The van der Waals surface area contributed by atoms with E-state index >= 15 is 0 Å². The number of fused-ring (bicyclic) bond motifs is 3. The second-order valence-corrected chi connectivity index (χ2v) is 6.99. The van der Waals surface area contributed by atoms with E-state index in [4.69, 9.17) is 9.26 Å². The zero-order chi connectivity index (χ0) is 20.0. The first-order valence-electron chi connectivity index (χ1n) is 9.29. The molecule has 0 aliphatic carbocycles. The molecule has 7 nitrogen and oxygen atoms in total. The molecule has 4 aromatic rings. The minimum atomic E-state index is -0.195. The van der Waals surface area contributed by atoms with Gasteiger partial charge in [-0.2, -0.15) is 0 Å². The first-order valence-corrected chi connectivity index (χ1v) is 9.29. The van der Waals surface area contributed by atoms with Gasteiger partial charge in [0, 0.05) is 34.5 Å². The number of benzene rings is 1. The van der Waals surface area contributed by atoms with Gasteiger partial charge in [0.25, 0.3) is 0 Å². The van der Waals surface area contributed by atoms with Gasteiger partial charge < -0.3 is 14.2 Å². The van der Waals surface area contributed by atoms with Gasteiger partial charge in [-0.3, -0.25) is 14.8 Å². The number of pyridine rings is 2. The zero-order valence-corrected chi connectivity index (χ0v) is 16.0. The first kappa shape index (κ1) is 17.4. The SMILES string of the molecule is COc1cc2c3c(cnc2cc1-c1cnoc1)CC(=O)N3[C@H](C)c1ccccn1. The van der Waals surface area contributed by atoms with Crippen LogP contribution in [0.5, 0.6) is 5.75 Å². The van der Waals surface area contributed by atoms with Crippen molar-refractivity contribution < 1.29 is 14.1 Å². The van der Waals surface area contributed by atoms with Crippen LogP contribution in [-0.2, 0) is 11.2 Å². The summed E-state index contributed by atoms with van der Waals surface area (Å²) in [6, 6.07) is 9.41. The number of ether oxygens (including phenoxy) is 1. The summed E-state index contributed by atoms with van der Waals surface area (Å²) in [5.74, 6) is 0.704. The van der Waals surface area contributed by atoms with Crippen LogP contribution in [0.1, 0.15) is 24.2 Å². The average molecular weight is 386 g/mol. The van der Waals surface area contributed by atoms with Gasteiger partial charge in [0.1, 0.15) is 12.0 Å². The van der Waals surface area contributed by atoms with E-state index in [2.05, 4.69) is 15.1 Å². The fraction of sp³-hybridized carbons (Fsp3) is 0.182. The van der Waals surface area contributed by atoms with E-state index < -0.39 is 0 Å². The summed E-state index contributed by atoms with van der Waals surface area (Å²) < 4.78 is 10.6. The molecule has 0 radical (unpaired) electrons. The van der Waals surface area contributed by atoms with Gasteiger partial charge in [0.05, 0.1) is 42.7 Å². The van der Waals surface area contributed by atoms with Crippen molar-refractivity contribution in [1.82, 2.24) is 15.1 Å². The van der Waals surface area contributed by atoms with Gasteiger partial charge in [0.2, 0.25) is 5.91 Å². The molecule has 5 rings (SSSR count). The third-order valence-electron chi connectivity index (χ3n) is 5.33. The molecule has 0 N–H and O–H groups in total. The predicted octanol–water partition coefficient (Wildman–Crippen LogP) is 3.94. The van der Waals surface area contributed by atoms with Crippen molar-refractivity contribution in [3.8, 4) is 16.9 Å². The van der Waals surface area contributed by atoms with Crippen molar-refractivity contribution in [2.24, 2.45) is 0 Å². The highest BCUT2D eigenvalue weighted by atomic mass is 16.5. The third-order valence-corrected chi connectivity index (χ3v) is 5.33. The molecule has 3 aromatic heterocycles. The fourth-order valence-corrected chi connectivity index (χ4v) is 3.93. The maximum absolute atomic E-state index is 12.9. The highest BCUT2D eigenvalue weighted by Gasteiger charge is 2.34. The number of amides is 1. The Bertz CT molecular complexity index is 1210.